The first-order chi connectivity index (χ1) is 15.6. The molecule has 4 rings (SSSR count). The Labute approximate surface area is 205 Å². The third-order valence-electron chi connectivity index (χ3n) is 8.51. The van der Waals surface area contributed by atoms with Gasteiger partial charge >= 0.3 is 0 Å². The van der Waals surface area contributed by atoms with Crippen molar-refractivity contribution >= 4 is 17.7 Å². The van der Waals surface area contributed by atoms with Crippen molar-refractivity contribution in [3.8, 4) is 0 Å². The Kier molecular flexibility index (Phi) is 5.98. The average Bonchev–Trinajstić information content (AvgIpc) is 2.73. The molecule has 0 saturated heterocycles. The van der Waals surface area contributed by atoms with E-state index in [2.05, 4.69) is 83.8 Å². The van der Waals surface area contributed by atoms with Crippen LogP contribution in [0, 0.1) is 24.2 Å². The van der Waals surface area contributed by atoms with Crippen molar-refractivity contribution in [1.29, 1.82) is 0 Å². The number of benzene rings is 1. The summed E-state index contributed by atoms with van der Waals surface area (Å²) in [6, 6.07) is 8.61. The maximum absolute atomic E-state index is 12.0. The molecule has 0 spiro atoms. The standard InChI is InChI=1S/C31H41NO2/c1-20-22-9-10-24-18-31(34,29(5,6)7)19-27(30(24,8)33)26(21-11-13-32-14-12-21)17-23(20)16-25(15-22)28(2,3)4/h9-17,24,27,33-34H,18-19H2,1-8H3/b10-9?,26-17-. The van der Waals surface area contributed by atoms with Crippen molar-refractivity contribution in [3.05, 3.63) is 70.6 Å². The predicted octanol–water partition coefficient (Wildman–Crippen LogP) is 6.81. The van der Waals surface area contributed by atoms with Gasteiger partial charge < -0.3 is 10.2 Å². The molecule has 1 heterocycles. The number of fused-ring (bicyclic) bond motifs is 4. The highest BCUT2D eigenvalue weighted by atomic mass is 16.3. The molecule has 1 fully saturated rings. The van der Waals surface area contributed by atoms with E-state index in [0.717, 1.165) is 16.7 Å². The normalized spacial score (nSPS) is 31.1. The molecular weight excluding hydrogens is 418 g/mol. The van der Waals surface area contributed by atoms with Crippen LogP contribution in [0.2, 0.25) is 0 Å². The molecule has 2 N–H and O–H groups in total. The highest BCUT2D eigenvalue weighted by molar-refractivity contribution is 5.85. The number of pyridine rings is 1. The number of rotatable bonds is 1. The van der Waals surface area contributed by atoms with Gasteiger partial charge in [0.05, 0.1) is 11.2 Å². The fraction of sp³-hybridized carbons (Fsp3) is 0.516. The molecule has 2 aromatic rings. The maximum Gasteiger partial charge on any atom is 0.0752 e. The maximum atomic E-state index is 12.0. The van der Waals surface area contributed by atoms with Gasteiger partial charge in [0, 0.05) is 24.2 Å². The first-order valence-electron chi connectivity index (χ1n) is 12.5. The Hall–Kier alpha value is -2.23. The Bertz CT molecular complexity index is 1130. The lowest BCUT2D eigenvalue weighted by Crippen LogP contribution is -2.58. The molecule has 0 radical (unpaired) electrons. The van der Waals surface area contributed by atoms with E-state index in [4.69, 9.17) is 0 Å². The molecule has 0 aliphatic heterocycles. The summed E-state index contributed by atoms with van der Waals surface area (Å²) in [6.45, 7) is 17.2. The second-order valence-corrected chi connectivity index (χ2v) is 12.8. The van der Waals surface area contributed by atoms with E-state index in [1.807, 2.05) is 31.5 Å². The summed E-state index contributed by atoms with van der Waals surface area (Å²) in [4.78, 5) is 4.24. The van der Waals surface area contributed by atoms with E-state index in [9.17, 15) is 10.2 Å². The number of hydrogen-bond donors (Lipinski definition) is 2. The minimum atomic E-state index is -1.000. The van der Waals surface area contributed by atoms with Crippen LogP contribution in [0.3, 0.4) is 0 Å². The molecule has 4 bridgehead atoms. The van der Waals surface area contributed by atoms with Crippen molar-refractivity contribution < 1.29 is 10.2 Å². The van der Waals surface area contributed by atoms with Crippen LogP contribution in [0.15, 0.2) is 42.7 Å². The molecule has 4 atom stereocenters. The van der Waals surface area contributed by atoms with Crippen LogP contribution in [-0.2, 0) is 5.41 Å². The highest BCUT2D eigenvalue weighted by Crippen LogP contribution is 2.55. The number of hydrogen-bond acceptors (Lipinski definition) is 3. The van der Waals surface area contributed by atoms with Crippen LogP contribution in [-0.4, -0.2) is 26.4 Å². The van der Waals surface area contributed by atoms with Gasteiger partial charge in [-0.3, -0.25) is 4.98 Å². The van der Waals surface area contributed by atoms with Gasteiger partial charge in [0.15, 0.2) is 0 Å². The van der Waals surface area contributed by atoms with E-state index in [1.165, 1.54) is 16.7 Å². The molecule has 0 amide bonds. The second-order valence-electron chi connectivity index (χ2n) is 12.8. The lowest BCUT2D eigenvalue weighted by Gasteiger charge is -2.55. The van der Waals surface area contributed by atoms with E-state index in [-0.39, 0.29) is 22.7 Å². The molecule has 182 valence electrons. The number of nitrogens with zero attached hydrogens (tertiary/aromatic N) is 1. The van der Waals surface area contributed by atoms with Gasteiger partial charge in [-0.1, -0.05) is 71.9 Å². The van der Waals surface area contributed by atoms with E-state index >= 15 is 0 Å². The Morgan fingerprint density at radius 3 is 2.15 bits per heavy atom. The smallest absolute Gasteiger partial charge is 0.0752 e. The fourth-order valence-electron chi connectivity index (χ4n) is 5.59. The van der Waals surface area contributed by atoms with Crippen LogP contribution in [0.5, 0.6) is 0 Å². The first-order valence-corrected chi connectivity index (χ1v) is 12.5. The third-order valence-corrected chi connectivity index (χ3v) is 8.51. The van der Waals surface area contributed by atoms with E-state index < -0.39 is 11.2 Å². The topological polar surface area (TPSA) is 53.4 Å². The first kappa shape index (κ1) is 24.9. The Morgan fingerprint density at radius 2 is 1.56 bits per heavy atom. The quantitative estimate of drug-likeness (QED) is 0.492. The van der Waals surface area contributed by atoms with Crippen molar-refractivity contribution in [2.45, 2.75) is 84.8 Å². The minimum absolute atomic E-state index is 0.0215. The van der Waals surface area contributed by atoms with Crippen molar-refractivity contribution in [2.24, 2.45) is 17.3 Å². The molecule has 4 unspecified atom stereocenters. The Balaban J connectivity index is 2.05. The van der Waals surface area contributed by atoms with Crippen LogP contribution in [0.25, 0.3) is 17.7 Å². The summed E-state index contributed by atoms with van der Waals surface area (Å²) in [7, 11) is 0. The van der Waals surface area contributed by atoms with Gasteiger partial charge in [-0.2, -0.15) is 0 Å². The lowest BCUT2D eigenvalue weighted by molar-refractivity contribution is -0.161. The SMILES string of the molecule is Cc1c2cc(C(C)(C)C)cc1/C=C(/c1ccncc1)C1CC(O)(C(C)(C)C)CC(C=C2)C1(C)O. The summed E-state index contributed by atoms with van der Waals surface area (Å²) in [5, 5.41) is 24.0. The van der Waals surface area contributed by atoms with Crippen LogP contribution >= 0.6 is 0 Å². The van der Waals surface area contributed by atoms with E-state index in [1.54, 1.807) is 0 Å². The molecule has 2 aliphatic rings. The van der Waals surface area contributed by atoms with Crippen LogP contribution in [0.4, 0.5) is 0 Å². The largest absolute Gasteiger partial charge is 0.389 e. The van der Waals surface area contributed by atoms with Crippen molar-refractivity contribution in [2.75, 3.05) is 0 Å². The highest BCUT2D eigenvalue weighted by Gasteiger charge is 2.55. The van der Waals surface area contributed by atoms with Gasteiger partial charge in [-0.25, -0.2) is 0 Å². The predicted molar refractivity (Wildman–Crippen MR) is 142 cm³/mol. The summed E-state index contributed by atoms with van der Waals surface area (Å²) in [5.41, 5.74) is 4.78. The zero-order valence-corrected chi connectivity index (χ0v) is 22.1. The monoisotopic (exact) mass is 459 g/mol. The summed E-state index contributed by atoms with van der Waals surface area (Å²) in [6.07, 6.45) is 11.2. The number of aliphatic hydroxyl groups is 2. The van der Waals surface area contributed by atoms with Crippen LogP contribution < -0.4 is 0 Å². The molecule has 34 heavy (non-hydrogen) atoms. The zero-order chi connectivity index (χ0) is 25.1. The summed E-state index contributed by atoms with van der Waals surface area (Å²) in [5.74, 6) is -0.415. The molecule has 2 aliphatic carbocycles. The molecular formula is C31H41NO2. The van der Waals surface area contributed by atoms with Gasteiger partial charge in [0.2, 0.25) is 0 Å². The summed E-state index contributed by atoms with van der Waals surface area (Å²) < 4.78 is 0. The van der Waals surface area contributed by atoms with Gasteiger partial charge in [0.25, 0.3) is 0 Å². The van der Waals surface area contributed by atoms with Gasteiger partial charge in [-0.05, 0) is 83.0 Å². The number of aromatic nitrogens is 1. The van der Waals surface area contributed by atoms with Gasteiger partial charge in [-0.15, -0.1) is 0 Å². The third kappa shape index (κ3) is 4.29. The molecule has 1 aromatic carbocycles. The molecule has 1 aromatic heterocycles. The van der Waals surface area contributed by atoms with Crippen molar-refractivity contribution in [1.82, 2.24) is 4.98 Å². The van der Waals surface area contributed by atoms with Crippen molar-refractivity contribution in [3.63, 3.8) is 0 Å². The molecule has 3 heteroatoms. The zero-order valence-electron chi connectivity index (χ0n) is 22.1. The summed E-state index contributed by atoms with van der Waals surface area (Å²) >= 11 is 0. The lowest BCUT2D eigenvalue weighted by atomic mass is 9.55. The molecule has 3 nitrogen and oxygen atoms in total. The Morgan fingerprint density at radius 1 is 0.941 bits per heavy atom. The fourth-order valence-corrected chi connectivity index (χ4v) is 5.59. The average molecular weight is 460 g/mol. The van der Waals surface area contributed by atoms with Crippen LogP contribution in [0.1, 0.15) is 89.1 Å². The molecule has 1 saturated carbocycles. The van der Waals surface area contributed by atoms with Gasteiger partial charge in [0.1, 0.15) is 0 Å². The minimum Gasteiger partial charge on any atom is -0.389 e. The second kappa shape index (κ2) is 8.17. The van der Waals surface area contributed by atoms with E-state index in [0.29, 0.717) is 12.8 Å².